The molecule has 0 radical (unpaired) electrons. The Labute approximate surface area is 212 Å². The highest BCUT2D eigenvalue weighted by atomic mass is 16.2. The molecule has 0 aliphatic rings. The van der Waals surface area contributed by atoms with Crippen LogP contribution in [0.25, 0.3) is 0 Å². The van der Waals surface area contributed by atoms with Crippen LogP contribution < -0.4 is 10.6 Å². The maximum Gasteiger partial charge on any atom is 0.244 e. The first-order chi connectivity index (χ1) is 16.0. The maximum atomic E-state index is 11.6. The van der Waals surface area contributed by atoms with Crippen molar-refractivity contribution in [3.05, 3.63) is 24.3 Å². The van der Waals surface area contributed by atoms with Crippen LogP contribution in [-0.2, 0) is 9.59 Å². The van der Waals surface area contributed by atoms with E-state index in [1.807, 2.05) is 39.8 Å². The van der Waals surface area contributed by atoms with Gasteiger partial charge in [0.05, 0.1) is 0 Å². The van der Waals surface area contributed by atoms with E-state index in [-0.39, 0.29) is 22.9 Å². The van der Waals surface area contributed by atoms with Crippen molar-refractivity contribution in [1.82, 2.24) is 10.6 Å². The molecular formula is C30H58N2O2. The van der Waals surface area contributed by atoms with Crippen molar-refractivity contribution in [1.29, 1.82) is 0 Å². The molecule has 0 bridgehead atoms. The first-order valence-electron chi connectivity index (χ1n) is 14.0. The van der Waals surface area contributed by atoms with Crippen molar-refractivity contribution in [2.75, 3.05) is 0 Å². The summed E-state index contributed by atoms with van der Waals surface area (Å²) in [6.07, 6.45) is 24.1. The predicted molar refractivity (Wildman–Crippen MR) is 150 cm³/mol. The molecule has 2 N–H and O–H groups in total. The summed E-state index contributed by atoms with van der Waals surface area (Å²) in [7, 11) is 0. The minimum atomic E-state index is -0.0947. The molecule has 0 heterocycles. The average molecular weight is 479 g/mol. The smallest absolute Gasteiger partial charge is 0.244 e. The Balaban J connectivity index is 0. The molecule has 0 unspecified atom stereocenters. The van der Waals surface area contributed by atoms with Gasteiger partial charge in [-0.2, -0.15) is 0 Å². The highest BCUT2D eigenvalue weighted by Gasteiger charge is 2.16. The fourth-order valence-corrected chi connectivity index (χ4v) is 3.04. The highest BCUT2D eigenvalue weighted by Crippen LogP contribution is 2.09. The fourth-order valence-electron chi connectivity index (χ4n) is 3.04. The van der Waals surface area contributed by atoms with E-state index in [2.05, 4.69) is 38.3 Å². The molecule has 0 aromatic rings. The minimum absolute atomic E-state index is 0.0328. The van der Waals surface area contributed by atoms with Gasteiger partial charge >= 0.3 is 0 Å². The summed E-state index contributed by atoms with van der Waals surface area (Å²) in [5, 5.41) is 5.98. The molecule has 0 aromatic carbocycles. The molecule has 200 valence electrons. The van der Waals surface area contributed by atoms with Crippen LogP contribution in [0.4, 0.5) is 0 Å². The summed E-state index contributed by atoms with van der Waals surface area (Å²) in [6, 6.07) is 0. The molecule has 0 aliphatic heterocycles. The minimum Gasteiger partial charge on any atom is -0.348 e. The zero-order valence-electron chi connectivity index (χ0n) is 24.0. The number of unbranched alkanes of at least 4 members (excludes halogenated alkanes) is 10. The number of nitrogens with one attached hydrogen (secondary N) is 2. The fraction of sp³-hybridized carbons (Fsp3) is 0.800. The third-order valence-corrected chi connectivity index (χ3v) is 6.18. The molecule has 0 rings (SSSR count). The van der Waals surface area contributed by atoms with Crippen LogP contribution >= 0.6 is 0 Å². The maximum absolute atomic E-state index is 11.6. The third kappa shape index (κ3) is 25.1. The molecule has 0 aromatic heterocycles. The molecule has 0 atom stereocenters. The summed E-state index contributed by atoms with van der Waals surface area (Å²) in [5.41, 5.74) is -0.189. The van der Waals surface area contributed by atoms with E-state index in [1.54, 1.807) is 12.2 Å². The monoisotopic (exact) mass is 478 g/mol. The second kappa shape index (κ2) is 21.9. The van der Waals surface area contributed by atoms with Crippen molar-refractivity contribution in [2.45, 2.75) is 156 Å². The molecule has 0 saturated carbocycles. The Morgan fingerprint density at radius 3 is 1.18 bits per heavy atom. The van der Waals surface area contributed by atoms with Gasteiger partial charge in [0.15, 0.2) is 0 Å². The summed E-state index contributed by atoms with van der Waals surface area (Å²) in [5.74, 6) is 0.0656. The van der Waals surface area contributed by atoms with E-state index in [0.29, 0.717) is 0 Å². The number of carbonyl (C=O) groups is 2. The van der Waals surface area contributed by atoms with Crippen LogP contribution in [0.15, 0.2) is 24.3 Å². The first kappa shape index (κ1) is 34.6. The standard InChI is InChI=1S/2C15H29NO/c2*1-5-7-8-9-10-11-12-13-14(17)16-15(3,4)6-2/h2*12-13H,5-11H2,1-4H3,(H,16,17)/b2*13-12+. The van der Waals surface area contributed by atoms with Gasteiger partial charge in [-0.1, -0.05) is 91.2 Å². The lowest BCUT2D eigenvalue weighted by molar-refractivity contribution is -0.118. The van der Waals surface area contributed by atoms with Gasteiger partial charge in [-0.05, 0) is 78.4 Å². The lowest BCUT2D eigenvalue weighted by Gasteiger charge is -2.23. The molecule has 4 heteroatoms. The van der Waals surface area contributed by atoms with Gasteiger partial charge in [-0.3, -0.25) is 9.59 Å². The molecule has 0 aliphatic carbocycles. The lowest BCUT2D eigenvalue weighted by Crippen LogP contribution is -2.41. The van der Waals surface area contributed by atoms with Gasteiger partial charge in [-0.25, -0.2) is 0 Å². The van der Waals surface area contributed by atoms with Gasteiger partial charge in [0.25, 0.3) is 0 Å². The molecule has 0 fully saturated rings. The van der Waals surface area contributed by atoms with Gasteiger partial charge < -0.3 is 10.6 Å². The molecular weight excluding hydrogens is 420 g/mol. The van der Waals surface area contributed by atoms with Gasteiger partial charge in [-0.15, -0.1) is 0 Å². The van der Waals surface area contributed by atoms with E-state index >= 15 is 0 Å². The Kier molecular flexibility index (Phi) is 22.3. The van der Waals surface area contributed by atoms with Crippen LogP contribution in [0.1, 0.15) is 145 Å². The van der Waals surface area contributed by atoms with Crippen molar-refractivity contribution in [3.63, 3.8) is 0 Å². The van der Waals surface area contributed by atoms with Crippen LogP contribution in [0.5, 0.6) is 0 Å². The van der Waals surface area contributed by atoms with E-state index in [0.717, 1.165) is 25.7 Å². The summed E-state index contributed by atoms with van der Waals surface area (Å²) < 4.78 is 0. The summed E-state index contributed by atoms with van der Waals surface area (Å²) in [4.78, 5) is 23.1. The first-order valence-corrected chi connectivity index (χ1v) is 14.0. The number of carbonyl (C=O) groups excluding carboxylic acids is 2. The van der Waals surface area contributed by atoms with Crippen molar-refractivity contribution in [3.8, 4) is 0 Å². The second-order valence-corrected chi connectivity index (χ2v) is 10.7. The third-order valence-electron chi connectivity index (χ3n) is 6.18. The van der Waals surface area contributed by atoms with Gasteiger partial charge in [0, 0.05) is 11.1 Å². The predicted octanol–water partition coefficient (Wildman–Crippen LogP) is 8.42. The van der Waals surface area contributed by atoms with Crippen LogP contribution in [0.2, 0.25) is 0 Å². The van der Waals surface area contributed by atoms with Crippen molar-refractivity contribution in [2.24, 2.45) is 0 Å². The molecule has 34 heavy (non-hydrogen) atoms. The normalized spacial score (nSPS) is 12.0. The lowest BCUT2D eigenvalue weighted by atomic mass is 10.0. The summed E-state index contributed by atoms with van der Waals surface area (Å²) in [6.45, 7) is 16.8. The molecule has 2 amide bonds. The number of amides is 2. The van der Waals surface area contributed by atoms with Crippen LogP contribution in [-0.4, -0.2) is 22.9 Å². The number of allylic oxidation sites excluding steroid dienone is 2. The van der Waals surface area contributed by atoms with E-state index in [9.17, 15) is 9.59 Å². The quantitative estimate of drug-likeness (QED) is 0.153. The second-order valence-electron chi connectivity index (χ2n) is 10.7. The van der Waals surface area contributed by atoms with E-state index < -0.39 is 0 Å². The largest absolute Gasteiger partial charge is 0.348 e. The number of hydrogen-bond donors (Lipinski definition) is 2. The average Bonchev–Trinajstić information content (AvgIpc) is 2.77. The van der Waals surface area contributed by atoms with Gasteiger partial charge in [0.1, 0.15) is 0 Å². The zero-order valence-corrected chi connectivity index (χ0v) is 24.0. The summed E-state index contributed by atoms with van der Waals surface area (Å²) >= 11 is 0. The molecule has 0 spiro atoms. The number of rotatable bonds is 18. The Hall–Kier alpha value is -1.58. The number of hydrogen-bond acceptors (Lipinski definition) is 2. The SMILES string of the molecule is CCCCCCC/C=C/C(=O)NC(C)(C)CC.CCCCCCC/C=C/C(=O)NC(C)(C)CC. The Morgan fingerprint density at radius 2 is 0.882 bits per heavy atom. The zero-order chi connectivity index (χ0) is 26.3. The molecule has 4 nitrogen and oxygen atoms in total. The highest BCUT2D eigenvalue weighted by molar-refractivity contribution is 5.88. The topological polar surface area (TPSA) is 58.2 Å². The Bertz CT molecular complexity index is 512. The van der Waals surface area contributed by atoms with E-state index in [4.69, 9.17) is 0 Å². The van der Waals surface area contributed by atoms with Crippen LogP contribution in [0.3, 0.4) is 0 Å². The van der Waals surface area contributed by atoms with E-state index in [1.165, 1.54) is 64.2 Å². The van der Waals surface area contributed by atoms with Crippen molar-refractivity contribution < 1.29 is 9.59 Å². The molecule has 0 saturated heterocycles. The van der Waals surface area contributed by atoms with Crippen molar-refractivity contribution >= 4 is 11.8 Å². The van der Waals surface area contributed by atoms with Gasteiger partial charge in [0.2, 0.25) is 11.8 Å². The van der Waals surface area contributed by atoms with Crippen LogP contribution in [0, 0.1) is 0 Å². The Morgan fingerprint density at radius 1 is 0.559 bits per heavy atom.